The minimum absolute atomic E-state index is 0.618. The van der Waals surface area contributed by atoms with E-state index in [0.29, 0.717) is 26.4 Å². The Balaban J connectivity index is 2.71. The van der Waals surface area contributed by atoms with Crippen molar-refractivity contribution in [3.05, 3.63) is 35.9 Å². The maximum Gasteiger partial charge on any atom is 0.505 e. The van der Waals surface area contributed by atoms with E-state index < -0.39 is 8.80 Å². The van der Waals surface area contributed by atoms with Crippen molar-refractivity contribution in [1.29, 1.82) is 0 Å². The van der Waals surface area contributed by atoms with Crippen LogP contribution >= 0.6 is 0 Å². The second kappa shape index (κ2) is 12.7. The number of ether oxygens (including phenoxy) is 1. The monoisotopic (exact) mass is 340 g/mol. The fraction of sp³-hybridized carbons (Fsp3) is 0.667. The summed E-state index contributed by atoms with van der Waals surface area (Å²) in [5.74, 6) is 0. The fourth-order valence-corrected chi connectivity index (χ4v) is 4.95. The van der Waals surface area contributed by atoms with Crippen LogP contribution in [0.2, 0.25) is 0 Å². The van der Waals surface area contributed by atoms with E-state index in [1.807, 2.05) is 25.1 Å². The molecule has 0 aliphatic heterocycles. The van der Waals surface area contributed by atoms with Crippen molar-refractivity contribution >= 4 is 8.80 Å². The van der Waals surface area contributed by atoms with E-state index in [9.17, 15) is 0 Å². The van der Waals surface area contributed by atoms with Crippen molar-refractivity contribution in [2.24, 2.45) is 0 Å². The first kappa shape index (κ1) is 20.3. The van der Waals surface area contributed by atoms with Gasteiger partial charge in [-0.05, 0) is 31.7 Å². The SMILES string of the molecule is CCCO[Si](Cc1ccccc1)(OCCC)OCCCOCC. The Hall–Kier alpha value is -0.723. The summed E-state index contributed by atoms with van der Waals surface area (Å²) in [6.07, 6.45) is 2.78. The van der Waals surface area contributed by atoms with Gasteiger partial charge in [-0.25, -0.2) is 0 Å². The first-order valence-electron chi connectivity index (χ1n) is 8.79. The number of hydrogen-bond acceptors (Lipinski definition) is 4. The van der Waals surface area contributed by atoms with Gasteiger partial charge >= 0.3 is 8.80 Å². The van der Waals surface area contributed by atoms with Crippen LogP contribution < -0.4 is 0 Å². The molecule has 0 N–H and O–H groups in total. The zero-order valence-corrected chi connectivity index (χ0v) is 15.9. The van der Waals surface area contributed by atoms with Gasteiger partial charge in [-0.2, -0.15) is 0 Å². The Labute approximate surface area is 142 Å². The van der Waals surface area contributed by atoms with Crippen LogP contribution in [-0.4, -0.2) is 41.8 Å². The van der Waals surface area contributed by atoms with E-state index in [0.717, 1.165) is 31.9 Å². The molecule has 0 radical (unpaired) electrons. The highest BCUT2D eigenvalue weighted by molar-refractivity contribution is 6.60. The van der Waals surface area contributed by atoms with Crippen LogP contribution in [0.25, 0.3) is 0 Å². The molecular weight excluding hydrogens is 308 g/mol. The third-order valence-electron chi connectivity index (χ3n) is 3.27. The molecule has 0 fully saturated rings. The summed E-state index contributed by atoms with van der Waals surface area (Å²) in [5.41, 5.74) is 1.20. The smallest absolute Gasteiger partial charge is 0.382 e. The van der Waals surface area contributed by atoms with Gasteiger partial charge in [-0.1, -0.05) is 44.2 Å². The molecule has 23 heavy (non-hydrogen) atoms. The van der Waals surface area contributed by atoms with Crippen LogP contribution in [0.4, 0.5) is 0 Å². The average Bonchev–Trinajstić information content (AvgIpc) is 2.59. The molecule has 0 aliphatic carbocycles. The van der Waals surface area contributed by atoms with Crippen molar-refractivity contribution < 1.29 is 18.0 Å². The molecule has 0 aliphatic rings. The molecule has 0 bridgehead atoms. The predicted octanol–water partition coefficient (Wildman–Crippen LogP) is 4.00. The molecular formula is C18H32O4Si. The van der Waals surface area contributed by atoms with Crippen LogP contribution in [-0.2, 0) is 24.1 Å². The molecule has 0 amide bonds. The Kier molecular flexibility index (Phi) is 11.2. The Bertz CT molecular complexity index is 378. The second-order valence-electron chi connectivity index (χ2n) is 5.44. The zero-order valence-electron chi connectivity index (χ0n) is 14.9. The summed E-state index contributed by atoms with van der Waals surface area (Å²) in [6.45, 7) is 9.64. The van der Waals surface area contributed by atoms with Gasteiger partial charge in [0.15, 0.2) is 0 Å². The van der Waals surface area contributed by atoms with Gasteiger partial charge in [-0.3, -0.25) is 0 Å². The van der Waals surface area contributed by atoms with Crippen LogP contribution in [0, 0.1) is 0 Å². The van der Waals surface area contributed by atoms with Crippen LogP contribution in [0.15, 0.2) is 30.3 Å². The van der Waals surface area contributed by atoms with Crippen molar-refractivity contribution in [2.45, 2.75) is 46.1 Å². The predicted molar refractivity (Wildman–Crippen MR) is 95.4 cm³/mol. The van der Waals surface area contributed by atoms with Gasteiger partial charge in [0.1, 0.15) is 0 Å². The molecule has 132 valence electrons. The lowest BCUT2D eigenvalue weighted by atomic mass is 10.2. The van der Waals surface area contributed by atoms with Gasteiger partial charge < -0.3 is 18.0 Å². The lowest BCUT2D eigenvalue weighted by molar-refractivity contribution is 0.0486. The first-order valence-corrected chi connectivity index (χ1v) is 10.7. The number of benzene rings is 1. The highest BCUT2D eigenvalue weighted by atomic mass is 28.4. The molecule has 1 aromatic carbocycles. The summed E-state index contributed by atoms with van der Waals surface area (Å²) in [5, 5.41) is 0. The third-order valence-corrected chi connectivity index (χ3v) is 6.05. The van der Waals surface area contributed by atoms with Gasteiger partial charge in [0.25, 0.3) is 0 Å². The molecule has 0 atom stereocenters. The number of hydrogen-bond donors (Lipinski definition) is 0. The third kappa shape index (κ3) is 8.63. The highest BCUT2D eigenvalue weighted by Crippen LogP contribution is 2.18. The van der Waals surface area contributed by atoms with Gasteiger partial charge in [0.2, 0.25) is 0 Å². The summed E-state index contributed by atoms with van der Waals surface area (Å²) >= 11 is 0. The number of rotatable bonds is 14. The molecule has 0 spiro atoms. The van der Waals surface area contributed by atoms with Crippen LogP contribution in [0.5, 0.6) is 0 Å². The minimum Gasteiger partial charge on any atom is -0.382 e. The van der Waals surface area contributed by atoms with E-state index >= 15 is 0 Å². The highest BCUT2D eigenvalue weighted by Gasteiger charge is 2.41. The van der Waals surface area contributed by atoms with E-state index in [1.165, 1.54) is 5.56 Å². The Morgan fingerprint density at radius 3 is 1.96 bits per heavy atom. The van der Waals surface area contributed by atoms with Crippen molar-refractivity contribution in [3.8, 4) is 0 Å². The van der Waals surface area contributed by atoms with Gasteiger partial charge in [0.05, 0.1) is 0 Å². The van der Waals surface area contributed by atoms with Gasteiger partial charge in [-0.15, -0.1) is 0 Å². The minimum atomic E-state index is -2.69. The van der Waals surface area contributed by atoms with E-state index in [2.05, 4.69) is 26.0 Å². The topological polar surface area (TPSA) is 36.9 Å². The standard InChI is InChI=1S/C18H32O4Si/c1-4-13-20-23(21-14-5-2,22-16-10-15-19-6-3)17-18-11-8-7-9-12-18/h7-9,11-12H,4-6,10,13-17H2,1-3H3. The maximum absolute atomic E-state index is 6.20. The molecule has 5 heteroatoms. The molecule has 0 unspecified atom stereocenters. The van der Waals surface area contributed by atoms with Crippen molar-refractivity contribution in [2.75, 3.05) is 33.0 Å². The van der Waals surface area contributed by atoms with E-state index in [4.69, 9.17) is 18.0 Å². The van der Waals surface area contributed by atoms with Gasteiger partial charge in [0, 0.05) is 39.1 Å². The molecule has 0 saturated carbocycles. The van der Waals surface area contributed by atoms with Crippen molar-refractivity contribution in [3.63, 3.8) is 0 Å². The fourth-order valence-electron chi connectivity index (χ4n) is 2.17. The molecule has 1 aromatic rings. The molecule has 0 heterocycles. The van der Waals surface area contributed by atoms with Crippen molar-refractivity contribution in [1.82, 2.24) is 0 Å². The maximum atomic E-state index is 6.20. The normalized spacial score (nSPS) is 11.8. The summed E-state index contributed by atoms with van der Waals surface area (Å²) in [6, 6.07) is 11.1. The molecule has 4 nitrogen and oxygen atoms in total. The summed E-state index contributed by atoms with van der Waals surface area (Å²) in [4.78, 5) is 0. The van der Waals surface area contributed by atoms with E-state index in [1.54, 1.807) is 0 Å². The van der Waals surface area contributed by atoms with E-state index in [-0.39, 0.29) is 0 Å². The largest absolute Gasteiger partial charge is 0.505 e. The molecule has 0 saturated heterocycles. The molecule has 0 aromatic heterocycles. The van der Waals surface area contributed by atoms with Crippen LogP contribution in [0.1, 0.15) is 45.6 Å². The second-order valence-corrected chi connectivity index (χ2v) is 8.03. The average molecular weight is 341 g/mol. The first-order chi connectivity index (χ1) is 11.3. The summed E-state index contributed by atoms with van der Waals surface area (Å²) in [7, 11) is -2.69. The van der Waals surface area contributed by atoms with Crippen LogP contribution in [0.3, 0.4) is 0 Å². The zero-order chi connectivity index (χ0) is 16.8. The lowest BCUT2D eigenvalue weighted by Crippen LogP contribution is -2.49. The quantitative estimate of drug-likeness (QED) is 0.379. The Morgan fingerprint density at radius 2 is 1.39 bits per heavy atom. The molecule has 1 rings (SSSR count). The lowest BCUT2D eigenvalue weighted by Gasteiger charge is -2.30. The Morgan fingerprint density at radius 1 is 0.783 bits per heavy atom. The summed E-state index contributed by atoms with van der Waals surface area (Å²) < 4.78 is 23.9.